The lowest BCUT2D eigenvalue weighted by molar-refractivity contribution is -0.140. The lowest BCUT2D eigenvalue weighted by Crippen LogP contribution is -2.46. The van der Waals surface area contributed by atoms with Crippen LogP contribution in [0, 0.1) is 5.41 Å². The Morgan fingerprint density at radius 1 is 1.18 bits per heavy atom. The molecule has 2 aliphatic heterocycles. The first kappa shape index (κ1) is 17.3. The van der Waals surface area contributed by atoms with E-state index < -0.39 is 0 Å². The summed E-state index contributed by atoms with van der Waals surface area (Å²) in [6.07, 6.45) is 4.40. The van der Waals surface area contributed by atoms with E-state index in [-0.39, 0.29) is 17.8 Å². The van der Waals surface area contributed by atoms with Gasteiger partial charge in [-0.3, -0.25) is 4.79 Å². The highest BCUT2D eigenvalue weighted by molar-refractivity contribution is 5.85. The Morgan fingerprint density at radius 2 is 1.86 bits per heavy atom. The molecular weight excluding hydrogens is 296 g/mol. The van der Waals surface area contributed by atoms with E-state index in [9.17, 15) is 4.79 Å². The molecule has 2 heterocycles. The predicted molar refractivity (Wildman–Crippen MR) is 92.3 cm³/mol. The summed E-state index contributed by atoms with van der Waals surface area (Å²) in [5.41, 5.74) is 0.913. The number of rotatable bonds is 3. The quantitative estimate of drug-likeness (QED) is 0.927. The van der Waals surface area contributed by atoms with E-state index in [1.807, 2.05) is 18.2 Å². The van der Waals surface area contributed by atoms with Gasteiger partial charge in [-0.15, -0.1) is 12.4 Å². The molecule has 4 heteroatoms. The lowest BCUT2D eigenvalue weighted by Gasteiger charge is -2.33. The van der Waals surface area contributed by atoms with E-state index in [1.165, 1.54) is 18.4 Å². The fourth-order valence-corrected chi connectivity index (χ4v) is 3.74. The molecule has 0 radical (unpaired) electrons. The zero-order chi connectivity index (χ0) is 14.9. The molecule has 2 aliphatic rings. The first-order valence-corrected chi connectivity index (χ1v) is 8.14. The second kappa shape index (κ2) is 7.01. The molecule has 3 rings (SSSR count). The van der Waals surface area contributed by atoms with Crippen LogP contribution in [-0.2, 0) is 11.2 Å². The summed E-state index contributed by atoms with van der Waals surface area (Å²) < 4.78 is 0. The smallest absolute Gasteiger partial charge is 0.228 e. The highest BCUT2D eigenvalue weighted by Gasteiger charge is 2.36. The summed E-state index contributed by atoms with van der Waals surface area (Å²) >= 11 is 0. The third kappa shape index (κ3) is 3.82. The van der Waals surface area contributed by atoms with Crippen LogP contribution in [0.1, 0.15) is 38.7 Å². The highest BCUT2D eigenvalue weighted by Crippen LogP contribution is 2.28. The number of benzene rings is 1. The van der Waals surface area contributed by atoms with Crippen molar-refractivity contribution < 1.29 is 4.79 Å². The van der Waals surface area contributed by atoms with Gasteiger partial charge in [0.05, 0.1) is 0 Å². The molecule has 0 saturated carbocycles. The molecule has 2 unspecified atom stereocenters. The maximum Gasteiger partial charge on any atom is 0.228 e. The van der Waals surface area contributed by atoms with Gasteiger partial charge in [0.2, 0.25) is 5.91 Å². The second-order valence-electron chi connectivity index (χ2n) is 7.22. The van der Waals surface area contributed by atoms with E-state index in [2.05, 4.69) is 36.2 Å². The summed E-state index contributed by atoms with van der Waals surface area (Å²) in [5, 5.41) is 3.64. The topological polar surface area (TPSA) is 32.3 Å². The lowest BCUT2D eigenvalue weighted by atomic mass is 9.84. The molecule has 1 aromatic rings. The fourth-order valence-electron chi connectivity index (χ4n) is 3.74. The maximum atomic E-state index is 13.0. The maximum absolute atomic E-state index is 13.0. The normalized spacial score (nSPS) is 24.5. The SMILES string of the molecule is CC(C)(Cc1ccccc1)C(=O)N1CCC2CCC(C1)N2.Cl. The molecule has 3 nitrogen and oxygen atoms in total. The summed E-state index contributed by atoms with van der Waals surface area (Å²) in [5.74, 6) is 0.306. The van der Waals surface area contributed by atoms with Crippen LogP contribution in [0.4, 0.5) is 0 Å². The van der Waals surface area contributed by atoms with Crippen LogP contribution in [0.15, 0.2) is 30.3 Å². The number of halogens is 1. The van der Waals surface area contributed by atoms with Crippen LogP contribution in [-0.4, -0.2) is 36.0 Å². The Morgan fingerprint density at radius 3 is 2.59 bits per heavy atom. The summed E-state index contributed by atoms with van der Waals surface area (Å²) in [7, 11) is 0. The zero-order valence-corrected chi connectivity index (χ0v) is 14.4. The summed E-state index contributed by atoms with van der Waals surface area (Å²) in [6, 6.07) is 11.5. The first-order chi connectivity index (χ1) is 10.0. The molecule has 1 amide bonds. The number of amides is 1. The number of carbonyl (C=O) groups is 1. The van der Waals surface area contributed by atoms with Gasteiger partial charge >= 0.3 is 0 Å². The molecule has 22 heavy (non-hydrogen) atoms. The minimum absolute atomic E-state index is 0. The van der Waals surface area contributed by atoms with Crippen LogP contribution >= 0.6 is 12.4 Å². The van der Waals surface area contributed by atoms with Gasteiger partial charge in [0.25, 0.3) is 0 Å². The van der Waals surface area contributed by atoms with Crippen molar-refractivity contribution in [2.45, 2.75) is 51.6 Å². The molecule has 2 bridgehead atoms. The molecule has 0 aliphatic carbocycles. The molecule has 0 aromatic heterocycles. The van der Waals surface area contributed by atoms with Crippen LogP contribution in [0.25, 0.3) is 0 Å². The summed E-state index contributed by atoms with van der Waals surface area (Å²) in [4.78, 5) is 15.0. The van der Waals surface area contributed by atoms with Crippen molar-refractivity contribution in [2.24, 2.45) is 5.41 Å². The van der Waals surface area contributed by atoms with Crippen molar-refractivity contribution in [2.75, 3.05) is 13.1 Å². The van der Waals surface area contributed by atoms with Gasteiger partial charge in [0.15, 0.2) is 0 Å². The van der Waals surface area contributed by atoms with E-state index in [4.69, 9.17) is 0 Å². The minimum atomic E-state index is -0.328. The largest absolute Gasteiger partial charge is 0.341 e. The number of carbonyl (C=O) groups excluding carboxylic acids is 1. The number of hydrogen-bond donors (Lipinski definition) is 1. The minimum Gasteiger partial charge on any atom is -0.341 e. The van der Waals surface area contributed by atoms with Crippen molar-refractivity contribution in [1.29, 1.82) is 0 Å². The first-order valence-electron chi connectivity index (χ1n) is 8.14. The van der Waals surface area contributed by atoms with Crippen molar-refractivity contribution in [3.8, 4) is 0 Å². The van der Waals surface area contributed by atoms with Crippen LogP contribution in [0.5, 0.6) is 0 Å². The molecule has 2 fully saturated rings. The number of nitrogens with one attached hydrogen (secondary N) is 1. The zero-order valence-electron chi connectivity index (χ0n) is 13.5. The molecule has 1 N–H and O–H groups in total. The van der Waals surface area contributed by atoms with Crippen LogP contribution < -0.4 is 5.32 Å². The average molecular weight is 323 g/mol. The third-order valence-corrected chi connectivity index (χ3v) is 4.88. The van der Waals surface area contributed by atoms with Crippen molar-refractivity contribution in [3.63, 3.8) is 0 Å². The molecule has 2 atom stereocenters. The third-order valence-electron chi connectivity index (χ3n) is 4.88. The van der Waals surface area contributed by atoms with Crippen LogP contribution in [0.3, 0.4) is 0 Å². The Labute approximate surface area is 139 Å². The Hall–Kier alpha value is -1.06. The van der Waals surface area contributed by atoms with E-state index in [1.54, 1.807) is 0 Å². The number of likely N-dealkylation sites (tertiary alicyclic amines) is 1. The molecule has 1 aromatic carbocycles. The van der Waals surface area contributed by atoms with Gasteiger partial charge in [0, 0.05) is 30.6 Å². The predicted octanol–water partition coefficient (Wildman–Crippen LogP) is 3.03. The van der Waals surface area contributed by atoms with Crippen molar-refractivity contribution in [3.05, 3.63) is 35.9 Å². The molecular formula is C18H27ClN2O. The van der Waals surface area contributed by atoms with Crippen molar-refractivity contribution in [1.82, 2.24) is 10.2 Å². The number of hydrogen-bond acceptors (Lipinski definition) is 2. The average Bonchev–Trinajstić information content (AvgIpc) is 2.78. The number of nitrogens with zero attached hydrogens (tertiary/aromatic N) is 1. The van der Waals surface area contributed by atoms with Gasteiger partial charge in [-0.05, 0) is 31.2 Å². The van der Waals surface area contributed by atoms with Gasteiger partial charge in [-0.2, -0.15) is 0 Å². The fraction of sp³-hybridized carbons (Fsp3) is 0.611. The number of fused-ring (bicyclic) bond motifs is 2. The van der Waals surface area contributed by atoms with Crippen molar-refractivity contribution >= 4 is 18.3 Å². The van der Waals surface area contributed by atoms with Gasteiger partial charge < -0.3 is 10.2 Å². The summed E-state index contributed by atoms with van der Waals surface area (Å²) in [6.45, 7) is 5.95. The van der Waals surface area contributed by atoms with Gasteiger partial charge in [-0.1, -0.05) is 44.2 Å². The van der Waals surface area contributed by atoms with E-state index in [0.29, 0.717) is 18.0 Å². The van der Waals surface area contributed by atoms with E-state index in [0.717, 1.165) is 25.9 Å². The van der Waals surface area contributed by atoms with Gasteiger partial charge in [0.1, 0.15) is 0 Å². The molecule has 2 saturated heterocycles. The monoisotopic (exact) mass is 322 g/mol. The van der Waals surface area contributed by atoms with Crippen LogP contribution in [0.2, 0.25) is 0 Å². The van der Waals surface area contributed by atoms with Gasteiger partial charge in [-0.25, -0.2) is 0 Å². The second-order valence-corrected chi connectivity index (χ2v) is 7.22. The Balaban J connectivity index is 0.00000176. The standard InChI is InChI=1S/C18H26N2O.ClH/c1-18(2,12-14-6-4-3-5-7-14)17(21)20-11-10-15-8-9-16(13-20)19-15;/h3-7,15-16,19H,8-13H2,1-2H3;1H. The molecule has 0 spiro atoms. The Kier molecular flexibility index (Phi) is 5.51. The van der Waals surface area contributed by atoms with E-state index >= 15 is 0 Å². The Bertz CT molecular complexity index is 503. The highest BCUT2D eigenvalue weighted by atomic mass is 35.5. The molecule has 122 valence electrons.